The maximum atomic E-state index is 12.5. The number of nitrogens with one attached hydrogen (secondary N) is 2. The highest BCUT2D eigenvalue weighted by Gasteiger charge is 2.27. The van der Waals surface area contributed by atoms with Gasteiger partial charge >= 0.3 is 0 Å². The topological polar surface area (TPSA) is 95.6 Å². The zero-order chi connectivity index (χ0) is 18.7. The molecule has 1 saturated heterocycles. The number of sulfonamides is 1. The molecule has 9 heteroatoms. The number of nitrogens with zero attached hydrogens (tertiary/aromatic N) is 1. The molecule has 0 atom stereocenters. The van der Waals surface area contributed by atoms with Crippen LogP contribution >= 0.6 is 11.3 Å². The third-order valence-electron chi connectivity index (χ3n) is 4.18. The van der Waals surface area contributed by atoms with E-state index in [2.05, 4.69) is 10.6 Å². The minimum absolute atomic E-state index is 0.179. The molecule has 2 amide bonds. The van der Waals surface area contributed by atoms with E-state index in [1.807, 2.05) is 0 Å². The van der Waals surface area contributed by atoms with E-state index >= 15 is 0 Å². The smallest absolute Gasteiger partial charge is 0.256 e. The summed E-state index contributed by atoms with van der Waals surface area (Å²) in [6, 6.07) is 7.47. The fourth-order valence-electron chi connectivity index (χ4n) is 2.75. The summed E-state index contributed by atoms with van der Waals surface area (Å²) in [4.78, 5) is 24.3. The number of hydrogen-bond donors (Lipinski definition) is 2. The van der Waals surface area contributed by atoms with E-state index in [0.717, 1.165) is 12.8 Å². The summed E-state index contributed by atoms with van der Waals surface area (Å²) in [6.07, 6.45) is 1.74. The zero-order valence-corrected chi connectivity index (χ0v) is 15.8. The lowest BCUT2D eigenvalue weighted by molar-refractivity contribution is 0.0964. The fraction of sp³-hybridized carbons (Fsp3) is 0.294. The van der Waals surface area contributed by atoms with Crippen molar-refractivity contribution in [2.24, 2.45) is 0 Å². The Kier molecular flexibility index (Phi) is 5.40. The van der Waals surface area contributed by atoms with E-state index in [4.69, 9.17) is 0 Å². The van der Waals surface area contributed by atoms with Crippen LogP contribution in [-0.4, -0.2) is 44.7 Å². The number of carbonyl (C=O) groups excluding carboxylic acids is 2. The molecule has 2 heterocycles. The Morgan fingerprint density at radius 1 is 1.04 bits per heavy atom. The van der Waals surface area contributed by atoms with Gasteiger partial charge in [-0.05, 0) is 48.6 Å². The lowest BCUT2D eigenvalue weighted by Gasteiger charge is -2.15. The van der Waals surface area contributed by atoms with Gasteiger partial charge in [-0.1, -0.05) is 0 Å². The molecule has 2 aromatic rings. The van der Waals surface area contributed by atoms with Gasteiger partial charge in [-0.25, -0.2) is 8.42 Å². The van der Waals surface area contributed by atoms with E-state index in [1.54, 1.807) is 11.4 Å². The van der Waals surface area contributed by atoms with Crippen LogP contribution in [0.15, 0.2) is 40.6 Å². The summed E-state index contributed by atoms with van der Waals surface area (Å²) in [7, 11) is -1.98. The van der Waals surface area contributed by atoms with Crippen molar-refractivity contribution < 1.29 is 18.0 Å². The van der Waals surface area contributed by atoms with Gasteiger partial charge in [-0.2, -0.15) is 4.31 Å². The molecule has 0 aliphatic carbocycles. The SMILES string of the molecule is CNC(=O)c1ccsc1NC(=O)c1ccc(S(=O)(=O)N2CCCC2)cc1. The molecule has 3 rings (SSSR count). The quantitative estimate of drug-likeness (QED) is 0.814. The van der Waals surface area contributed by atoms with E-state index in [0.29, 0.717) is 29.2 Å². The van der Waals surface area contributed by atoms with Gasteiger partial charge in [-0.15, -0.1) is 11.3 Å². The Hall–Kier alpha value is -2.23. The Balaban J connectivity index is 1.75. The third-order valence-corrected chi connectivity index (χ3v) is 6.93. The summed E-state index contributed by atoms with van der Waals surface area (Å²) >= 11 is 1.25. The molecule has 1 aliphatic rings. The van der Waals surface area contributed by atoms with Crippen LogP contribution in [0.1, 0.15) is 33.6 Å². The normalized spacial score (nSPS) is 15.0. The van der Waals surface area contributed by atoms with Crippen molar-refractivity contribution in [2.75, 3.05) is 25.5 Å². The van der Waals surface area contributed by atoms with Crippen molar-refractivity contribution in [2.45, 2.75) is 17.7 Å². The molecule has 0 spiro atoms. The van der Waals surface area contributed by atoms with Gasteiger partial charge in [0.15, 0.2) is 0 Å². The van der Waals surface area contributed by atoms with Crippen molar-refractivity contribution in [3.63, 3.8) is 0 Å². The van der Waals surface area contributed by atoms with Crippen LogP contribution in [-0.2, 0) is 10.0 Å². The summed E-state index contributed by atoms with van der Waals surface area (Å²) < 4.78 is 26.5. The first-order valence-electron chi connectivity index (χ1n) is 8.14. The van der Waals surface area contributed by atoms with Crippen LogP contribution in [0.2, 0.25) is 0 Å². The van der Waals surface area contributed by atoms with Crippen LogP contribution in [0.3, 0.4) is 0 Å². The molecule has 0 saturated carbocycles. The summed E-state index contributed by atoms with van der Waals surface area (Å²) in [5, 5.41) is 7.37. The molecule has 1 aromatic carbocycles. The Bertz CT molecular complexity index is 914. The summed E-state index contributed by atoms with van der Waals surface area (Å²) in [6.45, 7) is 1.07. The number of amides is 2. The molecule has 1 aromatic heterocycles. The van der Waals surface area contributed by atoms with Gasteiger partial charge in [0.05, 0.1) is 10.5 Å². The van der Waals surface area contributed by atoms with Crippen molar-refractivity contribution in [1.29, 1.82) is 0 Å². The molecule has 138 valence electrons. The Morgan fingerprint density at radius 2 is 1.69 bits per heavy atom. The average molecular weight is 393 g/mol. The van der Waals surface area contributed by atoms with E-state index in [9.17, 15) is 18.0 Å². The van der Waals surface area contributed by atoms with Crippen LogP contribution in [0, 0.1) is 0 Å². The van der Waals surface area contributed by atoms with Gasteiger partial charge in [-0.3, -0.25) is 9.59 Å². The standard InChI is InChI=1S/C17H19N3O4S2/c1-18-16(22)14-8-11-25-17(14)19-15(21)12-4-6-13(7-5-12)26(23,24)20-9-2-3-10-20/h4-8,11H,2-3,9-10H2,1H3,(H,18,22)(H,19,21). The van der Waals surface area contributed by atoms with Crippen molar-refractivity contribution in [3.05, 3.63) is 46.8 Å². The summed E-state index contributed by atoms with van der Waals surface area (Å²) in [5.74, 6) is -0.684. The highest BCUT2D eigenvalue weighted by Crippen LogP contribution is 2.25. The monoisotopic (exact) mass is 393 g/mol. The first-order valence-corrected chi connectivity index (χ1v) is 10.5. The Labute approximate surface area is 156 Å². The number of rotatable bonds is 5. The number of benzene rings is 1. The van der Waals surface area contributed by atoms with Gasteiger partial charge in [0, 0.05) is 25.7 Å². The first-order chi connectivity index (χ1) is 12.4. The van der Waals surface area contributed by atoms with Crippen LogP contribution in [0.4, 0.5) is 5.00 Å². The van der Waals surface area contributed by atoms with E-state index in [1.165, 1.54) is 47.0 Å². The van der Waals surface area contributed by atoms with Gasteiger partial charge < -0.3 is 10.6 Å². The maximum Gasteiger partial charge on any atom is 0.256 e. The maximum absolute atomic E-state index is 12.5. The van der Waals surface area contributed by atoms with Crippen molar-refractivity contribution in [1.82, 2.24) is 9.62 Å². The van der Waals surface area contributed by atoms with Gasteiger partial charge in [0.1, 0.15) is 5.00 Å². The molecule has 26 heavy (non-hydrogen) atoms. The van der Waals surface area contributed by atoms with Crippen LogP contribution < -0.4 is 10.6 Å². The van der Waals surface area contributed by atoms with Crippen LogP contribution in [0.5, 0.6) is 0 Å². The highest BCUT2D eigenvalue weighted by molar-refractivity contribution is 7.89. The molecule has 0 bridgehead atoms. The first kappa shape index (κ1) is 18.6. The molecular formula is C17H19N3O4S2. The molecular weight excluding hydrogens is 374 g/mol. The Morgan fingerprint density at radius 3 is 2.31 bits per heavy atom. The molecule has 2 N–H and O–H groups in total. The second-order valence-corrected chi connectivity index (χ2v) is 8.69. The molecule has 1 fully saturated rings. The molecule has 0 radical (unpaired) electrons. The van der Waals surface area contributed by atoms with Gasteiger partial charge in [0.2, 0.25) is 10.0 Å². The molecule has 1 aliphatic heterocycles. The molecule has 7 nitrogen and oxygen atoms in total. The van der Waals surface area contributed by atoms with Crippen molar-refractivity contribution in [3.8, 4) is 0 Å². The lowest BCUT2D eigenvalue weighted by atomic mass is 10.2. The van der Waals surface area contributed by atoms with Gasteiger partial charge in [0.25, 0.3) is 11.8 Å². The van der Waals surface area contributed by atoms with Crippen LogP contribution in [0.25, 0.3) is 0 Å². The fourth-order valence-corrected chi connectivity index (χ4v) is 5.05. The van der Waals surface area contributed by atoms with E-state index in [-0.39, 0.29) is 10.8 Å². The zero-order valence-electron chi connectivity index (χ0n) is 14.2. The predicted molar refractivity (Wildman–Crippen MR) is 100 cm³/mol. The predicted octanol–water partition coefficient (Wildman–Crippen LogP) is 2.14. The minimum atomic E-state index is -3.50. The number of hydrogen-bond acceptors (Lipinski definition) is 5. The van der Waals surface area contributed by atoms with Crippen molar-refractivity contribution >= 4 is 38.2 Å². The highest BCUT2D eigenvalue weighted by atomic mass is 32.2. The summed E-state index contributed by atoms with van der Waals surface area (Å²) in [5.41, 5.74) is 0.709. The molecule has 0 unspecified atom stereocenters. The second-order valence-electron chi connectivity index (χ2n) is 5.83. The lowest BCUT2D eigenvalue weighted by Crippen LogP contribution is -2.27. The number of anilines is 1. The second kappa shape index (κ2) is 7.56. The minimum Gasteiger partial charge on any atom is -0.355 e. The number of thiophene rings is 1. The largest absolute Gasteiger partial charge is 0.355 e. The third kappa shape index (κ3) is 3.64. The van der Waals surface area contributed by atoms with E-state index < -0.39 is 15.9 Å². The average Bonchev–Trinajstić information content (AvgIpc) is 3.33. The number of carbonyl (C=O) groups is 2.